The van der Waals surface area contributed by atoms with Crippen LogP contribution in [0.4, 0.5) is 11.6 Å². The number of fused-ring (bicyclic) bond motifs is 3. The van der Waals surface area contributed by atoms with Crippen molar-refractivity contribution in [2.24, 2.45) is 0 Å². The highest BCUT2D eigenvalue weighted by molar-refractivity contribution is 6.10. The minimum Gasteiger partial charge on any atom is -0.439 e. The minimum atomic E-state index is -0.406. The van der Waals surface area contributed by atoms with Crippen LogP contribution in [-0.2, 0) is 5.41 Å². The molecule has 5 aromatic rings. The Labute approximate surface area is 192 Å². The van der Waals surface area contributed by atoms with E-state index >= 15 is 0 Å². The first-order valence-corrected chi connectivity index (χ1v) is 11.2. The topological polar surface area (TPSA) is 55.4 Å². The fraction of sp³-hybridized carbons (Fsp3) is 0.207. The van der Waals surface area contributed by atoms with Gasteiger partial charge >= 0.3 is 5.63 Å². The van der Waals surface area contributed by atoms with Crippen LogP contribution in [0.15, 0.2) is 80.4 Å². The molecule has 0 spiro atoms. The molecular weight excluding hydrogens is 410 g/mol. The maximum Gasteiger partial charge on any atom is 0.348 e. The van der Waals surface area contributed by atoms with E-state index in [0.717, 1.165) is 22.2 Å². The van der Waals surface area contributed by atoms with Gasteiger partial charge in [-0.15, -0.1) is 0 Å². The Bertz CT molecular complexity index is 1550. The van der Waals surface area contributed by atoms with Crippen molar-refractivity contribution in [1.82, 2.24) is 0 Å². The van der Waals surface area contributed by atoms with Gasteiger partial charge in [0.1, 0.15) is 11.0 Å². The van der Waals surface area contributed by atoms with Crippen LogP contribution in [0.3, 0.4) is 0 Å². The second kappa shape index (κ2) is 7.66. The molecule has 166 valence electrons. The molecule has 4 nitrogen and oxygen atoms in total. The Morgan fingerprint density at radius 1 is 0.848 bits per heavy atom. The highest BCUT2D eigenvalue weighted by Crippen LogP contribution is 2.41. The normalized spacial score (nSPS) is 11.9. The zero-order valence-electron chi connectivity index (χ0n) is 19.6. The van der Waals surface area contributed by atoms with Gasteiger partial charge in [0.2, 0.25) is 5.88 Å². The van der Waals surface area contributed by atoms with Gasteiger partial charge in [-0.1, -0.05) is 74.9 Å². The molecule has 33 heavy (non-hydrogen) atoms. The quantitative estimate of drug-likeness (QED) is 0.292. The van der Waals surface area contributed by atoms with E-state index in [1.807, 2.05) is 36.4 Å². The van der Waals surface area contributed by atoms with Crippen molar-refractivity contribution in [2.75, 3.05) is 5.32 Å². The molecule has 0 aliphatic heterocycles. The molecule has 5 rings (SSSR count). The summed E-state index contributed by atoms with van der Waals surface area (Å²) in [7, 11) is 0. The number of rotatable bonds is 3. The number of hydrogen-bond donors (Lipinski definition) is 1. The van der Waals surface area contributed by atoms with Crippen molar-refractivity contribution in [3.63, 3.8) is 0 Å². The lowest BCUT2D eigenvalue weighted by molar-refractivity contribution is 0.566. The molecule has 2 heterocycles. The lowest BCUT2D eigenvalue weighted by atomic mass is 9.86. The average molecular weight is 438 g/mol. The number of benzene rings is 3. The van der Waals surface area contributed by atoms with Crippen molar-refractivity contribution >= 4 is 33.5 Å². The number of nitrogens with one attached hydrogen (secondary N) is 1. The van der Waals surface area contributed by atoms with Crippen molar-refractivity contribution in [3.05, 3.63) is 93.8 Å². The van der Waals surface area contributed by atoms with E-state index in [1.165, 1.54) is 11.1 Å². The smallest absolute Gasteiger partial charge is 0.348 e. The predicted molar refractivity (Wildman–Crippen MR) is 136 cm³/mol. The first-order chi connectivity index (χ1) is 15.7. The van der Waals surface area contributed by atoms with E-state index in [-0.39, 0.29) is 5.41 Å². The van der Waals surface area contributed by atoms with Gasteiger partial charge in [-0.05, 0) is 54.2 Å². The van der Waals surface area contributed by atoms with Gasteiger partial charge in [-0.3, -0.25) is 0 Å². The zero-order chi connectivity index (χ0) is 23.3. The molecule has 2 aromatic heterocycles. The molecule has 3 aromatic carbocycles. The van der Waals surface area contributed by atoms with Crippen LogP contribution in [0.5, 0.6) is 0 Å². The first-order valence-electron chi connectivity index (χ1n) is 11.2. The van der Waals surface area contributed by atoms with E-state index in [1.54, 1.807) is 6.07 Å². The van der Waals surface area contributed by atoms with Crippen LogP contribution < -0.4 is 10.9 Å². The maximum absolute atomic E-state index is 13.1. The van der Waals surface area contributed by atoms with Crippen LogP contribution in [0.25, 0.3) is 33.1 Å². The maximum atomic E-state index is 13.1. The van der Waals surface area contributed by atoms with Crippen molar-refractivity contribution in [2.45, 2.75) is 40.0 Å². The van der Waals surface area contributed by atoms with Crippen LogP contribution in [-0.4, -0.2) is 0 Å². The summed E-state index contributed by atoms with van der Waals surface area (Å²) in [5.74, 6) is 0.532. The third-order valence-corrected chi connectivity index (χ3v) is 6.12. The number of para-hydroxylation sites is 1. The van der Waals surface area contributed by atoms with Gasteiger partial charge in [0.05, 0.1) is 10.9 Å². The fourth-order valence-corrected chi connectivity index (χ4v) is 4.29. The summed E-state index contributed by atoms with van der Waals surface area (Å²) in [6.45, 7) is 10.7. The lowest BCUT2D eigenvalue weighted by Gasteiger charge is -2.19. The van der Waals surface area contributed by atoms with Gasteiger partial charge in [-0.2, -0.15) is 0 Å². The molecule has 0 bridgehead atoms. The third kappa shape index (κ3) is 3.72. The standard InChI is InChI=1S/C29H27NO3/c1-17-10-15-22(18(2)16-17)30-27-24(19-11-13-20(14-12-19)29(3,4)5)25-26(33-27)21-8-6-7-9-23(21)32-28(25)31/h6-16,30H,1-5H3. The van der Waals surface area contributed by atoms with E-state index < -0.39 is 5.63 Å². The second-order valence-electron chi connectivity index (χ2n) is 9.67. The van der Waals surface area contributed by atoms with Crippen molar-refractivity contribution < 1.29 is 8.83 Å². The van der Waals surface area contributed by atoms with Gasteiger partial charge in [0.15, 0.2) is 5.58 Å². The molecule has 0 atom stereocenters. The van der Waals surface area contributed by atoms with Gasteiger partial charge in [0.25, 0.3) is 0 Å². The van der Waals surface area contributed by atoms with E-state index in [0.29, 0.717) is 28.0 Å². The molecule has 0 unspecified atom stereocenters. The molecule has 4 heteroatoms. The van der Waals surface area contributed by atoms with Crippen molar-refractivity contribution in [1.29, 1.82) is 0 Å². The molecule has 1 N–H and O–H groups in total. The van der Waals surface area contributed by atoms with Crippen LogP contribution in [0, 0.1) is 13.8 Å². The van der Waals surface area contributed by atoms with E-state index in [4.69, 9.17) is 8.83 Å². The number of aryl methyl sites for hydroxylation is 2. The van der Waals surface area contributed by atoms with E-state index in [9.17, 15) is 4.79 Å². The summed E-state index contributed by atoms with van der Waals surface area (Å²) >= 11 is 0. The largest absolute Gasteiger partial charge is 0.439 e. The summed E-state index contributed by atoms with van der Waals surface area (Å²) in [4.78, 5) is 13.1. The SMILES string of the molecule is Cc1ccc(Nc2oc3c(c2-c2ccc(C(C)(C)C)cc2)c(=O)oc2ccccc23)c(C)c1. The number of hydrogen-bond acceptors (Lipinski definition) is 4. The second-order valence-corrected chi connectivity index (χ2v) is 9.67. The van der Waals surface area contributed by atoms with Crippen LogP contribution >= 0.6 is 0 Å². The van der Waals surface area contributed by atoms with Gasteiger partial charge < -0.3 is 14.2 Å². The third-order valence-electron chi connectivity index (χ3n) is 6.12. The molecule has 0 saturated carbocycles. The Balaban J connectivity index is 1.78. The lowest BCUT2D eigenvalue weighted by Crippen LogP contribution is -2.10. The highest BCUT2D eigenvalue weighted by atomic mass is 16.4. The fourth-order valence-electron chi connectivity index (χ4n) is 4.29. The molecular formula is C29H27NO3. The Morgan fingerprint density at radius 3 is 2.27 bits per heavy atom. The molecule has 0 amide bonds. The Kier molecular flexibility index (Phi) is 4.89. The first kappa shape index (κ1) is 21.1. The van der Waals surface area contributed by atoms with Crippen LogP contribution in [0.1, 0.15) is 37.5 Å². The monoisotopic (exact) mass is 437 g/mol. The summed E-state index contributed by atoms with van der Waals surface area (Å²) in [5.41, 5.74) is 6.72. The van der Waals surface area contributed by atoms with Crippen molar-refractivity contribution in [3.8, 4) is 11.1 Å². The molecule has 0 radical (unpaired) electrons. The predicted octanol–water partition coefficient (Wildman–Crippen LogP) is 7.86. The van der Waals surface area contributed by atoms with Gasteiger partial charge in [-0.25, -0.2) is 4.79 Å². The van der Waals surface area contributed by atoms with Crippen LogP contribution in [0.2, 0.25) is 0 Å². The number of furan rings is 1. The highest BCUT2D eigenvalue weighted by Gasteiger charge is 2.23. The molecule has 0 aliphatic rings. The molecule has 0 saturated heterocycles. The van der Waals surface area contributed by atoms with E-state index in [2.05, 4.69) is 64.2 Å². The van der Waals surface area contributed by atoms with Gasteiger partial charge in [0, 0.05) is 5.69 Å². The summed E-state index contributed by atoms with van der Waals surface area (Å²) in [6.07, 6.45) is 0. The Hall–Kier alpha value is -3.79. The molecule has 0 aliphatic carbocycles. The summed E-state index contributed by atoms with van der Waals surface area (Å²) in [6, 6.07) is 22.0. The average Bonchev–Trinajstić information content (AvgIpc) is 3.15. The summed E-state index contributed by atoms with van der Waals surface area (Å²) in [5, 5.41) is 4.67. The number of anilines is 2. The minimum absolute atomic E-state index is 0.0340. The molecule has 0 fully saturated rings. The zero-order valence-corrected chi connectivity index (χ0v) is 19.6. The summed E-state index contributed by atoms with van der Waals surface area (Å²) < 4.78 is 12.0. The Morgan fingerprint density at radius 2 is 1.58 bits per heavy atom.